The number of thiophene rings is 1. The van der Waals surface area contributed by atoms with Crippen LogP contribution in [0.15, 0.2) is 17.5 Å². The molecule has 5 heteroatoms. The highest BCUT2D eigenvalue weighted by molar-refractivity contribution is 7.10. The topological polar surface area (TPSA) is 55.1 Å². The number of halogens is 1. The van der Waals surface area contributed by atoms with E-state index in [1.165, 1.54) is 4.88 Å². The SMILES string of the molecule is CCCC(N)C(=O)NC(CC)c1cccs1.Cl. The first-order chi connectivity index (χ1) is 7.69. The van der Waals surface area contributed by atoms with E-state index in [0.717, 1.165) is 19.3 Å². The number of nitrogens with two attached hydrogens (primary N) is 1. The van der Waals surface area contributed by atoms with E-state index in [1.807, 2.05) is 24.4 Å². The number of amides is 1. The number of rotatable bonds is 6. The van der Waals surface area contributed by atoms with Gasteiger partial charge in [0.2, 0.25) is 5.91 Å². The fourth-order valence-electron chi connectivity index (χ4n) is 1.58. The molecule has 0 aromatic carbocycles. The molecule has 0 saturated carbocycles. The lowest BCUT2D eigenvalue weighted by Crippen LogP contribution is -2.41. The Labute approximate surface area is 113 Å². The number of carbonyl (C=O) groups excluding carboxylic acids is 1. The maximum absolute atomic E-state index is 11.8. The van der Waals surface area contributed by atoms with E-state index in [4.69, 9.17) is 5.73 Å². The Balaban J connectivity index is 0.00000256. The van der Waals surface area contributed by atoms with Crippen LogP contribution in [-0.2, 0) is 4.79 Å². The maximum atomic E-state index is 11.8. The van der Waals surface area contributed by atoms with Gasteiger partial charge < -0.3 is 11.1 Å². The van der Waals surface area contributed by atoms with Gasteiger partial charge in [0.1, 0.15) is 0 Å². The predicted molar refractivity (Wildman–Crippen MR) is 75.6 cm³/mol. The van der Waals surface area contributed by atoms with Crippen molar-refractivity contribution < 1.29 is 4.79 Å². The van der Waals surface area contributed by atoms with Crippen molar-refractivity contribution in [1.29, 1.82) is 0 Å². The highest BCUT2D eigenvalue weighted by Gasteiger charge is 2.17. The second-order valence-corrected chi connectivity index (χ2v) is 4.86. The first kappa shape index (κ1) is 16.4. The Bertz CT molecular complexity index is 316. The van der Waals surface area contributed by atoms with Gasteiger partial charge in [0.05, 0.1) is 12.1 Å². The van der Waals surface area contributed by atoms with E-state index < -0.39 is 0 Å². The molecular formula is C12H21ClN2OS. The van der Waals surface area contributed by atoms with Gasteiger partial charge in [-0.1, -0.05) is 26.3 Å². The van der Waals surface area contributed by atoms with Crippen molar-refractivity contribution >= 4 is 29.7 Å². The Hall–Kier alpha value is -0.580. The monoisotopic (exact) mass is 276 g/mol. The molecule has 1 aromatic heterocycles. The lowest BCUT2D eigenvalue weighted by molar-refractivity contribution is -0.123. The molecular weight excluding hydrogens is 256 g/mol. The van der Waals surface area contributed by atoms with E-state index in [-0.39, 0.29) is 30.4 Å². The molecule has 1 heterocycles. The fraction of sp³-hybridized carbons (Fsp3) is 0.583. The molecule has 3 N–H and O–H groups in total. The average molecular weight is 277 g/mol. The van der Waals surface area contributed by atoms with Gasteiger partial charge in [-0.15, -0.1) is 23.7 Å². The molecule has 0 aliphatic rings. The van der Waals surface area contributed by atoms with E-state index in [0.29, 0.717) is 0 Å². The summed E-state index contributed by atoms with van der Waals surface area (Å²) in [7, 11) is 0. The van der Waals surface area contributed by atoms with Crippen LogP contribution in [0.1, 0.15) is 44.0 Å². The number of nitrogens with one attached hydrogen (secondary N) is 1. The van der Waals surface area contributed by atoms with Gasteiger partial charge >= 0.3 is 0 Å². The third-order valence-corrected chi connectivity index (χ3v) is 3.53. The summed E-state index contributed by atoms with van der Waals surface area (Å²) in [5.41, 5.74) is 5.78. The zero-order chi connectivity index (χ0) is 12.0. The molecule has 0 fully saturated rings. The van der Waals surface area contributed by atoms with Crippen molar-refractivity contribution in [3.63, 3.8) is 0 Å². The molecule has 1 rings (SSSR count). The molecule has 0 aliphatic heterocycles. The average Bonchev–Trinajstić information content (AvgIpc) is 2.79. The Morgan fingerprint density at radius 2 is 2.24 bits per heavy atom. The Morgan fingerprint density at radius 3 is 2.71 bits per heavy atom. The molecule has 1 amide bonds. The first-order valence-electron chi connectivity index (χ1n) is 5.78. The summed E-state index contributed by atoms with van der Waals surface area (Å²) >= 11 is 1.67. The Kier molecular flexibility index (Phi) is 8.21. The first-order valence-corrected chi connectivity index (χ1v) is 6.66. The zero-order valence-corrected chi connectivity index (χ0v) is 11.9. The molecule has 1 aromatic rings. The van der Waals surface area contributed by atoms with Gasteiger partial charge in [-0.2, -0.15) is 0 Å². The molecule has 2 unspecified atom stereocenters. The van der Waals surface area contributed by atoms with Crippen LogP contribution in [0, 0.1) is 0 Å². The van der Waals surface area contributed by atoms with E-state index in [9.17, 15) is 4.79 Å². The number of carbonyl (C=O) groups is 1. The standard InChI is InChI=1S/C12H20N2OS.ClH/c1-3-6-9(13)12(15)14-10(4-2)11-7-5-8-16-11;/h5,7-10H,3-4,6,13H2,1-2H3,(H,14,15);1H. The summed E-state index contributed by atoms with van der Waals surface area (Å²) in [5.74, 6) is -0.0397. The largest absolute Gasteiger partial charge is 0.347 e. The smallest absolute Gasteiger partial charge is 0.237 e. The second-order valence-electron chi connectivity index (χ2n) is 3.88. The molecule has 2 atom stereocenters. The van der Waals surface area contributed by atoms with Crippen LogP contribution in [0.3, 0.4) is 0 Å². The van der Waals surface area contributed by atoms with Crippen LogP contribution < -0.4 is 11.1 Å². The van der Waals surface area contributed by atoms with Gasteiger partial charge in [0, 0.05) is 4.88 Å². The molecule has 3 nitrogen and oxygen atoms in total. The van der Waals surface area contributed by atoms with Crippen LogP contribution in [0.4, 0.5) is 0 Å². The van der Waals surface area contributed by atoms with Crippen LogP contribution in [0.5, 0.6) is 0 Å². The molecule has 0 aliphatic carbocycles. The number of hydrogen-bond donors (Lipinski definition) is 2. The molecule has 17 heavy (non-hydrogen) atoms. The second kappa shape index (κ2) is 8.50. The summed E-state index contributed by atoms with van der Waals surface area (Å²) in [6.45, 7) is 4.10. The molecule has 0 bridgehead atoms. The normalized spacial score (nSPS) is 13.6. The summed E-state index contributed by atoms with van der Waals surface area (Å²) in [4.78, 5) is 13.0. The minimum atomic E-state index is -0.376. The lowest BCUT2D eigenvalue weighted by atomic mass is 10.1. The van der Waals surface area contributed by atoms with Crippen molar-refractivity contribution in [3.05, 3.63) is 22.4 Å². The van der Waals surface area contributed by atoms with E-state index in [1.54, 1.807) is 11.3 Å². The van der Waals surface area contributed by atoms with E-state index >= 15 is 0 Å². The molecule has 98 valence electrons. The Morgan fingerprint density at radius 1 is 1.53 bits per heavy atom. The quantitative estimate of drug-likeness (QED) is 0.839. The molecule has 0 radical (unpaired) electrons. The third kappa shape index (κ3) is 5.06. The third-order valence-electron chi connectivity index (χ3n) is 2.55. The predicted octanol–water partition coefficient (Wildman–Crippen LogP) is 2.86. The fourth-order valence-corrected chi connectivity index (χ4v) is 2.45. The molecule has 0 spiro atoms. The minimum absolute atomic E-state index is 0. The summed E-state index contributed by atoms with van der Waals surface area (Å²) in [6.07, 6.45) is 2.57. The summed E-state index contributed by atoms with van der Waals surface area (Å²) in [6, 6.07) is 3.78. The van der Waals surface area contributed by atoms with Crippen molar-refractivity contribution in [1.82, 2.24) is 5.32 Å². The highest BCUT2D eigenvalue weighted by Crippen LogP contribution is 2.21. The zero-order valence-electron chi connectivity index (χ0n) is 10.3. The van der Waals surface area contributed by atoms with Crippen LogP contribution in [-0.4, -0.2) is 11.9 Å². The van der Waals surface area contributed by atoms with Crippen LogP contribution in [0.25, 0.3) is 0 Å². The lowest BCUT2D eigenvalue weighted by Gasteiger charge is -2.18. The summed E-state index contributed by atoms with van der Waals surface area (Å²) in [5, 5.41) is 5.02. The maximum Gasteiger partial charge on any atom is 0.237 e. The van der Waals surface area contributed by atoms with Crippen LogP contribution in [0.2, 0.25) is 0 Å². The molecule has 0 saturated heterocycles. The van der Waals surface area contributed by atoms with Crippen molar-refractivity contribution in [2.24, 2.45) is 5.73 Å². The highest BCUT2D eigenvalue weighted by atomic mass is 35.5. The van der Waals surface area contributed by atoms with Gasteiger partial charge in [-0.25, -0.2) is 0 Å². The summed E-state index contributed by atoms with van der Waals surface area (Å²) < 4.78 is 0. The van der Waals surface area contributed by atoms with Crippen molar-refractivity contribution in [2.45, 2.75) is 45.2 Å². The van der Waals surface area contributed by atoms with Gasteiger partial charge in [0.15, 0.2) is 0 Å². The van der Waals surface area contributed by atoms with E-state index in [2.05, 4.69) is 12.2 Å². The van der Waals surface area contributed by atoms with Gasteiger partial charge in [-0.3, -0.25) is 4.79 Å². The van der Waals surface area contributed by atoms with Gasteiger partial charge in [-0.05, 0) is 24.3 Å². The van der Waals surface area contributed by atoms with Gasteiger partial charge in [0.25, 0.3) is 0 Å². The van der Waals surface area contributed by atoms with Crippen molar-refractivity contribution in [3.8, 4) is 0 Å². The number of hydrogen-bond acceptors (Lipinski definition) is 3. The minimum Gasteiger partial charge on any atom is -0.347 e. The van der Waals surface area contributed by atoms with Crippen LogP contribution >= 0.6 is 23.7 Å². The van der Waals surface area contributed by atoms with Crippen molar-refractivity contribution in [2.75, 3.05) is 0 Å².